The Hall–Kier alpha value is -2.26. The van der Waals surface area contributed by atoms with Gasteiger partial charge in [0.05, 0.1) is 0 Å². The van der Waals surface area contributed by atoms with Crippen molar-refractivity contribution in [2.45, 2.75) is 57.0 Å². The van der Waals surface area contributed by atoms with Crippen LogP contribution in [0.15, 0.2) is 42.7 Å². The largest absolute Gasteiger partial charge is 0.357 e. The van der Waals surface area contributed by atoms with E-state index in [4.69, 9.17) is 0 Å². The highest BCUT2D eigenvalue weighted by atomic mass is 15.0. The molecule has 3 aliphatic rings. The van der Waals surface area contributed by atoms with Gasteiger partial charge in [-0.1, -0.05) is 24.1 Å². The van der Waals surface area contributed by atoms with Gasteiger partial charge in [0.2, 0.25) is 0 Å². The van der Waals surface area contributed by atoms with Gasteiger partial charge in [0.1, 0.15) is 0 Å². The van der Waals surface area contributed by atoms with E-state index < -0.39 is 0 Å². The van der Waals surface area contributed by atoms with Crippen LogP contribution >= 0.6 is 0 Å². The summed E-state index contributed by atoms with van der Waals surface area (Å²) in [7, 11) is 2.13. The summed E-state index contributed by atoms with van der Waals surface area (Å²) in [5.74, 6) is 0.745. The summed E-state index contributed by atoms with van der Waals surface area (Å²) in [5, 5.41) is 5.34. The Morgan fingerprint density at radius 1 is 1.21 bits per heavy atom. The van der Waals surface area contributed by atoms with Gasteiger partial charge < -0.3 is 14.9 Å². The first kappa shape index (κ1) is 16.7. The number of H-pyrrole nitrogens is 1. The minimum absolute atomic E-state index is 0.105. The van der Waals surface area contributed by atoms with Crippen LogP contribution in [-0.4, -0.2) is 15.6 Å². The molecule has 1 aliphatic heterocycles. The van der Waals surface area contributed by atoms with Crippen molar-refractivity contribution in [1.29, 1.82) is 0 Å². The summed E-state index contributed by atoms with van der Waals surface area (Å²) in [4.78, 5) is 3.89. The molecule has 2 unspecified atom stereocenters. The highest BCUT2D eigenvalue weighted by Gasteiger charge is 2.48. The first-order valence-corrected chi connectivity index (χ1v) is 10.8. The Morgan fingerprint density at radius 2 is 2.11 bits per heavy atom. The van der Waals surface area contributed by atoms with Crippen molar-refractivity contribution in [3.05, 3.63) is 65.1 Å². The normalized spacial score (nSPS) is 27.2. The number of hydrogen-bond acceptors (Lipinski definition) is 1. The minimum atomic E-state index is 0.105. The summed E-state index contributed by atoms with van der Waals surface area (Å²) < 4.78 is 2.19. The summed E-state index contributed by atoms with van der Waals surface area (Å²) in [6.07, 6.45) is 13.7. The minimum Gasteiger partial charge on any atom is -0.357 e. The van der Waals surface area contributed by atoms with E-state index in [9.17, 15) is 0 Å². The molecule has 144 valence electrons. The quantitative estimate of drug-likeness (QED) is 0.651. The molecule has 2 aliphatic carbocycles. The monoisotopic (exact) mass is 371 g/mol. The fraction of sp³-hybridized carbons (Fsp3) is 0.440. The number of rotatable bonds is 3. The molecule has 2 aromatic heterocycles. The number of allylic oxidation sites excluding steroid dienone is 1. The maximum absolute atomic E-state index is 3.93. The van der Waals surface area contributed by atoms with Crippen molar-refractivity contribution < 1.29 is 0 Å². The van der Waals surface area contributed by atoms with Gasteiger partial charge in [-0.15, -0.1) is 0 Å². The summed E-state index contributed by atoms with van der Waals surface area (Å²) in [5.41, 5.74) is 8.73. The Kier molecular flexibility index (Phi) is 3.49. The maximum Gasteiger partial charge on any atom is 0.0459 e. The Morgan fingerprint density at radius 3 is 2.89 bits per heavy atom. The second kappa shape index (κ2) is 5.87. The molecular formula is C25H29N3. The summed E-state index contributed by atoms with van der Waals surface area (Å²) in [6.45, 7) is 3.19. The smallest absolute Gasteiger partial charge is 0.0459 e. The third kappa shape index (κ3) is 2.39. The molecule has 28 heavy (non-hydrogen) atoms. The molecule has 3 nitrogen and oxygen atoms in total. The zero-order valence-electron chi connectivity index (χ0n) is 16.9. The predicted molar refractivity (Wildman–Crippen MR) is 115 cm³/mol. The van der Waals surface area contributed by atoms with Gasteiger partial charge in [0, 0.05) is 54.0 Å². The van der Waals surface area contributed by atoms with Crippen LogP contribution in [0.3, 0.4) is 0 Å². The highest BCUT2D eigenvalue weighted by molar-refractivity contribution is 5.87. The SMILES string of the molecule is Cc1ccc2[nH]c3c(c2c1)CNC1CCCC31/C=C(/c1ccn(C)c1)C1CC1. The third-order valence-corrected chi connectivity index (χ3v) is 7.35. The molecule has 0 radical (unpaired) electrons. The molecular weight excluding hydrogens is 342 g/mol. The third-order valence-electron chi connectivity index (χ3n) is 7.35. The predicted octanol–water partition coefficient (Wildman–Crippen LogP) is 5.20. The number of aromatic amines is 1. The first-order chi connectivity index (χ1) is 13.6. The molecule has 2 saturated carbocycles. The fourth-order valence-corrected chi connectivity index (χ4v) is 5.81. The van der Waals surface area contributed by atoms with Crippen LogP contribution in [0.25, 0.3) is 16.5 Å². The molecule has 3 heteroatoms. The second-order valence-electron chi connectivity index (χ2n) is 9.33. The zero-order valence-corrected chi connectivity index (χ0v) is 16.9. The molecule has 6 rings (SSSR count). The van der Waals surface area contributed by atoms with Gasteiger partial charge in [-0.2, -0.15) is 0 Å². The fourth-order valence-electron chi connectivity index (χ4n) is 5.81. The number of fused-ring (bicyclic) bond motifs is 5. The lowest BCUT2D eigenvalue weighted by atomic mass is 9.73. The van der Waals surface area contributed by atoms with Gasteiger partial charge in [0.25, 0.3) is 0 Å². The lowest BCUT2D eigenvalue weighted by Gasteiger charge is -2.39. The van der Waals surface area contributed by atoms with E-state index in [2.05, 4.69) is 71.6 Å². The van der Waals surface area contributed by atoms with Gasteiger partial charge in [0.15, 0.2) is 0 Å². The van der Waals surface area contributed by atoms with Gasteiger partial charge in [-0.3, -0.25) is 0 Å². The molecule has 1 aromatic carbocycles. The van der Waals surface area contributed by atoms with Gasteiger partial charge in [-0.25, -0.2) is 0 Å². The Bertz CT molecular complexity index is 1090. The number of aryl methyl sites for hydroxylation is 2. The van der Waals surface area contributed by atoms with Crippen LogP contribution < -0.4 is 5.32 Å². The molecule has 2 fully saturated rings. The topological polar surface area (TPSA) is 32.8 Å². The van der Waals surface area contributed by atoms with Crippen molar-refractivity contribution in [2.24, 2.45) is 13.0 Å². The van der Waals surface area contributed by atoms with E-state index in [1.54, 1.807) is 5.57 Å². The molecule has 0 amide bonds. The van der Waals surface area contributed by atoms with Crippen molar-refractivity contribution in [1.82, 2.24) is 14.9 Å². The van der Waals surface area contributed by atoms with E-state index in [-0.39, 0.29) is 5.41 Å². The molecule has 2 atom stereocenters. The molecule has 0 bridgehead atoms. The standard InChI is InChI=1S/C25H29N3/c1-16-5-8-22-19(12-16)21-14-26-23-4-3-10-25(23,24(21)27-22)13-20(17-6-7-17)18-9-11-28(2)15-18/h5,8-9,11-13,15,17,23,26-27H,3-4,6-7,10,14H2,1-2H3/b20-13+. The molecule has 0 saturated heterocycles. The first-order valence-electron chi connectivity index (χ1n) is 10.8. The maximum atomic E-state index is 3.93. The van der Waals surface area contributed by atoms with Crippen molar-refractivity contribution in [2.75, 3.05) is 0 Å². The Balaban J connectivity index is 1.57. The van der Waals surface area contributed by atoms with E-state index in [0.717, 1.165) is 12.5 Å². The van der Waals surface area contributed by atoms with E-state index in [1.807, 2.05) is 0 Å². The van der Waals surface area contributed by atoms with E-state index >= 15 is 0 Å². The van der Waals surface area contributed by atoms with Crippen LogP contribution in [0, 0.1) is 12.8 Å². The van der Waals surface area contributed by atoms with Crippen LogP contribution in [0.2, 0.25) is 0 Å². The number of hydrogen-bond donors (Lipinski definition) is 2. The van der Waals surface area contributed by atoms with Gasteiger partial charge >= 0.3 is 0 Å². The average Bonchev–Trinajstić information content (AvgIpc) is 3.12. The molecule has 2 N–H and O–H groups in total. The van der Waals surface area contributed by atoms with E-state index in [0.29, 0.717) is 6.04 Å². The Labute approximate surface area is 166 Å². The number of aromatic nitrogens is 2. The van der Waals surface area contributed by atoms with Crippen molar-refractivity contribution >= 4 is 16.5 Å². The van der Waals surface area contributed by atoms with Crippen LogP contribution in [0.4, 0.5) is 0 Å². The summed E-state index contributed by atoms with van der Waals surface area (Å²) in [6, 6.07) is 9.70. The van der Waals surface area contributed by atoms with Crippen molar-refractivity contribution in [3.63, 3.8) is 0 Å². The van der Waals surface area contributed by atoms with E-state index in [1.165, 1.54) is 65.4 Å². The lowest BCUT2D eigenvalue weighted by Crippen LogP contribution is -2.48. The van der Waals surface area contributed by atoms with Crippen LogP contribution in [0.1, 0.15) is 54.5 Å². The number of benzene rings is 1. The molecule has 0 spiro atoms. The molecule has 3 aromatic rings. The van der Waals surface area contributed by atoms with Crippen molar-refractivity contribution in [3.8, 4) is 0 Å². The van der Waals surface area contributed by atoms with Crippen LogP contribution in [0.5, 0.6) is 0 Å². The second-order valence-corrected chi connectivity index (χ2v) is 9.33. The highest BCUT2D eigenvalue weighted by Crippen LogP contribution is 2.52. The number of nitrogens with zero attached hydrogens (tertiary/aromatic N) is 1. The lowest BCUT2D eigenvalue weighted by molar-refractivity contribution is 0.364. The van der Waals surface area contributed by atoms with Gasteiger partial charge in [-0.05, 0) is 73.4 Å². The zero-order chi connectivity index (χ0) is 18.9. The van der Waals surface area contributed by atoms with Crippen LogP contribution in [-0.2, 0) is 19.0 Å². The summed E-state index contributed by atoms with van der Waals surface area (Å²) >= 11 is 0. The average molecular weight is 372 g/mol. The molecule has 3 heterocycles. The number of nitrogens with one attached hydrogen (secondary N) is 2.